The third-order valence-electron chi connectivity index (χ3n) is 2.94. The van der Waals surface area contributed by atoms with Crippen molar-refractivity contribution in [2.45, 2.75) is 25.8 Å². The van der Waals surface area contributed by atoms with Crippen LogP contribution in [0.2, 0.25) is 0 Å². The minimum atomic E-state index is -4.61. The number of carbonyl (C=O) groups excluding carboxylic acids is 1. The predicted molar refractivity (Wildman–Crippen MR) is 78.7 cm³/mol. The molecule has 144 valence electrons. The third kappa shape index (κ3) is 4.84. The quantitative estimate of drug-likeness (QED) is 0.103. The molecule has 0 amide bonds. The van der Waals surface area contributed by atoms with Crippen LogP contribution in [0.5, 0.6) is 5.75 Å². The van der Waals surface area contributed by atoms with E-state index < -0.39 is 51.7 Å². The lowest BCUT2D eigenvalue weighted by atomic mass is 10.00. The highest BCUT2D eigenvalue weighted by Crippen LogP contribution is 2.34. The molecule has 1 aromatic carbocycles. The summed E-state index contributed by atoms with van der Waals surface area (Å²) in [7, 11) is 0. The fourth-order valence-corrected chi connectivity index (χ4v) is 2.03. The number of carboxylic acid groups (broad SMARTS) is 1. The van der Waals surface area contributed by atoms with Gasteiger partial charge < -0.3 is 14.6 Å². The Bertz CT molecular complexity index is 758. The van der Waals surface area contributed by atoms with Crippen molar-refractivity contribution in [2.24, 2.45) is 0 Å². The molecule has 1 N–H and O–H groups in total. The maximum Gasteiger partial charge on any atom is 0.487 e. The van der Waals surface area contributed by atoms with E-state index in [0.29, 0.717) is 0 Å². The molecule has 0 heterocycles. The Morgan fingerprint density at radius 1 is 1.19 bits per heavy atom. The number of benzene rings is 1. The van der Waals surface area contributed by atoms with Gasteiger partial charge in [0, 0.05) is 18.0 Å². The molecule has 5 nitrogen and oxygen atoms in total. The van der Waals surface area contributed by atoms with Gasteiger partial charge in [0.05, 0.1) is 12.2 Å². The SMILES string of the molecule is CCOC(CC)=C(C(=O)O)C(=O)c1cc(F)c(F)c(OC(F)(F)Cl)c1F. The van der Waals surface area contributed by atoms with E-state index in [0.717, 1.165) is 0 Å². The van der Waals surface area contributed by atoms with Crippen LogP contribution in [0.1, 0.15) is 30.6 Å². The summed E-state index contributed by atoms with van der Waals surface area (Å²) in [5, 5.41) is 9.18. The zero-order valence-electron chi connectivity index (χ0n) is 13.3. The van der Waals surface area contributed by atoms with Crippen LogP contribution in [-0.4, -0.2) is 29.0 Å². The standard InChI is InChI=1S/C15H12ClF5O5/c1-3-8(25-4-2)9(14(23)24)12(22)6-5-7(17)11(19)13(10(6)18)26-15(16,20)21/h5H,3-4H2,1-2H3,(H,23,24). The number of hydrogen-bond donors (Lipinski definition) is 1. The van der Waals surface area contributed by atoms with Gasteiger partial charge in [0.2, 0.25) is 17.3 Å². The summed E-state index contributed by atoms with van der Waals surface area (Å²) in [6.07, 6.45) is -0.102. The lowest BCUT2D eigenvalue weighted by molar-refractivity contribution is -0.132. The summed E-state index contributed by atoms with van der Waals surface area (Å²) in [6.45, 7) is 2.86. The first-order valence-electron chi connectivity index (χ1n) is 7.01. The van der Waals surface area contributed by atoms with Crippen LogP contribution >= 0.6 is 11.6 Å². The van der Waals surface area contributed by atoms with Crippen LogP contribution in [0.15, 0.2) is 17.4 Å². The van der Waals surface area contributed by atoms with E-state index in [4.69, 9.17) is 4.74 Å². The average Bonchev–Trinajstić information content (AvgIpc) is 2.52. The molecule has 0 saturated carbocycles. The van der Waals surface area contributed by atoms with Gasteiger partial charge in [0.1, 0.15) is 11.3 Å². The maximum atomic E-state index is 14.3. The van der Waals surface area contributed by atoms with E-state index in [1.807, 2.05) is 0 Å². The Morgan fingerprint density at radius 2 is 1.77 bits per heavy atom. The average molecular weight is 403 g/mol. The predicted octanol–water partition coefficient (Wildman–Crippen LogP) is 4.24. The van der Waals surface area contributed by atoms with Gasteiger partial charge in [-0.3, -0.25) is 4.79 Å². The molecule has 0 fully saturated rings. The van der Waals surface area contributed by atoms with Crippen molar-refractivity contribution >= 4 is 23.4 Å². The van der Waals surface area contributed by atoms with E-state index in [1.165, 1.54) is 13.8 Å². The topological polar surface area (TPSA) is 72.8 Å². The first kappa shape index (κ1) is 21.7. The molecular weight excluding hydrogens is 391 g/mol. The first-order valence-corrected chi connectivity index (χ1v) is 7.39. The second kappa shape index (κ2) is 8.35. The molecule has 0 aliphatic carbocycles. The molecule has 0 aliphatic heterocycles. The fraction of sp³-hybridized carbons (Fsp3) is 0.333. The largest absolute Gasteiger partial charge is 0.497 e. The number of alkyl halides is 3. The highest BCUT2D eigenvalue weighted by molar-refractivity contribution is 6.24. The summed E-state index contributed by atoms with van der Waals surface area (Å²) >= 11 is 4.40. The van der Waals surface area contributed by atoms with Crippen LogP contribution < -0.4 is 4.74 Å². The molecule has 1 aromatic rings. The smallest absolute Gasteiger partial charge is 0.487 e. The summed E-state index contributed by atoms with van der Waals surface area (Å²) in [6, 6.07) is 0.0222. The van der Waals surface area contributed by atoms with E-state index in [9.17, 15) is 36.6 Å². The summed E-state index contributed by atoms with van der Waals surface area (Å²) in [5.74, 6) is -11.9. The summed E-state index contributed by atoms with van der Waals surface area (Å²) < 4.78 is 75.3. The third-order valence-corrected chi connectivity index (χ3v) is 3.01. The van der Waals surface area contributed by atoms with Crippen molar-refractivity contribution in [3.8, 4) is 5.75 Å². The van der Waals surface area contributed by atoms with Gasteiger partial charge in [-0.2, -0.15) is 4.39 Å². The molecule has 0 saturated heterocycles. The molecular formula is C15H12ClF5O5. The van der Waals surface area contributed by atoms with Crippen LogP contribution in [0.4, 0.5) is 22.0 Å². The Labute approximate surface area is 149 Å². The van der Waals surface area contributed by atoms with Crippen molar-refractivity contribution < 1.29 is 46.1 Å². The molecule has 0 bridgehead atoms. The van der Waals surface area contributed by atoms with Crippen molar-refractivity contribution in [3.05, 3.63) is 40.4 Å². The number of carbonyl (C=O) groups is 2. The fourth-order valence-electron chi connectivity index (χ4n) is 1.95. The number of Topliss-reactive ketones (excluding diaryl/α,β-unsaturated/α-hetero) is 1. The minimum Gasteiger partial charge on any atom is -0.497 e. The van der Waals surface area contributed by atoms with Crippen molar-refractivity contribution in [1.29, 1.82) is 0 Å². The Kier molecular flexibility index (Phi) is 6.96. The van der Waals surface area contributed by atoms with Gasteiger partial charge >= 0.3 is 11.5 Å². The summed E-state index contributed by atoms with van der Waals surface area (Å²) in [5.41, 5.74) is -7.02. The van der Waals surface area contributed by atoms with E-state index in [2.05, 4.69) is 16.3 Å². The molecule has 0 aliphatic rings. The number of ether oxygens (including phenoxy) is 2. The van der Waals surface area contributed by atoms with Gasteiger partial charge in [-0.15, -0.1) is 8.78 Å². The van der Waals surface area contributed by atoms with Crippen molar-refractivity contribution in [3.63, 3.8) is 0 Å². The molecule has 26 heavy (non-hydrogen) atoms. The number of hydrogen-bond acceptors (Lipinski definition) is 4. The number of aliphatic carboxylic acids is 1. The van der Waals surface area contributed by atoms with Crippen LogP contribution in [0.3, 0.4) is 0 Å². The minimum absolute atomic E-state index is 0.0222. The molecule has 0 radical (unpaired) electrons. The van der Waals surface area contributed by atoms with Crippen molar-refractivity contribution in [2.75, 3.05) is 6.61 Å². The Hall–Kier alpha value is -2.36. The normalized spacial score (nSPS) is 12.5. The van der Waals surface area contributed by atoms with Crippen molar-refractivity contribution in [1.82, 2.24) is 0 Å². The molecule has 1 rings (SSSR count). The lowest BCUT2D eigenvalue weighted by Crippen LogP contribution is -2.21. The Balaban J connectivity index is 3.64. The van der Waals surface area contributed by atoms with Gasteiger partial charge in [-0.1, -0.05) is 6.92 Å². The second-order valence-electron chi connectivity index (χ2n) is 4.63. The molecule has 0 aromatic heterocycles. The van der Waals surface area contributed by atoms with Gasteiger partial charge in [0.15, 0.2) is 11.6 Å². The summed E-state index contributed by atoms with van der Waals surface area (Å²) in [4.78, 5) is 23.7. The monoisotopic (exact) mass is 402 g/mol. The maximum absolute atomic E-state index is 14.3. The Morgan fingerprint density at radius 3 is 2.19 bits per heavy atom. The van der Waals surface area contributed by atoms with Gasteiger partial charge in [-0.05, 0) is 13.0 Å². The number of allylic oxidation sites excluding steroid dienone is 1. The van der Waals surface area contributed by atoms with Crippen LogP contribution in [0.25, 0.3) is 0 Å². The number of ketones is 1. The molecule has 0 atom stereocenters. The molecule has 0 unspecified atom stereocenters. The number of carboxylic acids is 1. The highest BCUT2D eigenvalue weighted by Gasteiger charge is 2.36. The van der Waals surface area contributed by atoms with E-state index >= 15 is 0 Å². The zero-order valence-corrected chi connectivity index (χ0v) is 14.1. The highest BCUT2D eigenvalue weighted by atomic mass is 35.5. The van der Waals surface area contributed by atoms with Gasteiger partial charge in [-0.25, -0.2) is 13.6 Å². The van der Waals surface area contributed by atoms with Crippen LogP contribution in [0, 0.1) is 17.5 Å². The van der Waals surface area contributed by atoms with Crippen LogP contribution in [-0.2, 0) is 9.53 Å². The van der Waals surface area contributed by atoms with E-state index in [-0.39, 0.29) is 24.9 Å². The first-order chi connectivity index (χ1) is 11.9. The second-order valence-corrected chi connectivity index (χ2v) is 5.07. The molecule has 0 spiro atoms. The molecule has 11 heteroatoms. The van der Waals surface area contributed by atoms with E-state index in [1.54, 1.807) is 0 Å². The van der Waals surface area contributed by atoms with Gasteiger partial charge in [0.25, 0.3) is 0 Å². The number of rotatable bonds is 8. The lowest BCUT2D eigenvalue weighted by Gasteiger charge is -2.15. The number of halogens is 6. The zero-order chi connectivity index (χ0) is 20.2.